The van der Waals surface area contributed by atoms with Gasteiger partial charge in [0.05, 0.1) is 18.5 Å². The number of halogens is 1. The Hall–Kier alpha value is -1.84. The Bertz CT molecular complexity index is 691. The number of nitrogen functional groups attached to an aromatic ring is 1. The molecule has 1 fully saturated rings. The van der Waals surface area contributed by atoms with Crippen LogP contribution in [0.25, 0.3) is 5.65 Å². The van der Waals surface area contributed by atoms with Crippen molar-refractivity contribution >= 4 is 11.5 Å². The summed E-state index contributed by atoms with van der Waals surface area (Å²) in [7, 11) is 0. The highest BCUT2D eigenvalue weighted by molar-refractivity contribution is 5.59. The van der Waals surface area contributed by atoms with E-state index in [2.05, 4.69) is 15.1 Å². The molecule has 3 heterocycles. The molecule has 9 heteroatoms. The monoisotopic (exact) mass is 297 g/mol. The van der Waals surface area contributed by atoms with Crippen LogP contribution in [0.4, 0.5) is 10.2 Å². The predicted molar refractivity (Wildman–Crippen MR) is 70.0 cm³/mol. The van der Waals surface area contributed by atoms with Crippen molar-refractivity contribution in [1.82, 2.24) is 19.6 Å². The summed E-state index contributed by atoms with van der Waals surface area (Å²) < 4.78 is 22.0. The molecule has 0 bridgehead atoms. The number of aliphatic hydroxyl groups excluding tert-OH is 2. The summed E-state index contributed by atoms with van der Waals surface area (Å²) in [6.07, 6.45) is 0.0958. The lowest BCUT2D eigenvalue weighted by atomic mass is 9.82. The van der Waals surface area contributed by atoms with Crippen molar-refractivity contribution < 1.29 is 19.3 Å². The van der Waals surface area contributed by atoms with Crippen molar-refractivity contribution in [2.75, 3.05) is 12.3 Å². The smallest absolute Gasteiger partial charge is 0.196 e. The van der Waals surface area contributed by atoms with E-state index >= 15 is 4.39 Å². The first-order valence-electron chi connectivity index (χ1n) is 6.43. The Morgan fingerprint density at radius 3 is 2.81 bits per heavy atom. The molecule has 3 rings (SSSR count). The maximum absolute atomic E-state index is 15.1. The van der Waals surface area contributed by atoms with Gasteiger partial charge in [-0.05, 0) is 13.8 Å². The molecule has 21 heavy (non-hydrogen) atoms. The number of aliphatic hydroxyl groups is 2. The van der Waals surface area contributed by atoms with Gasteiger partial charge in [0.1, 0.15) is 24.1 Å². The van der Waals surface area contributed by atoms with Gasteiger partial charge in [-0.1, -0.05) is 0 Å². The number of fused-ring (bicyclic) bond motifs is 1. The van der Waals surface area contributed by atoms with Crippen molar-refractivity contribution in [2.45, 2.75) is 37.3 Å². The fraction of sp³-hybridized carbons (Fsp3) is 0.583. The van der Waals surface area contributed by atoms with Gasteiger partial charge in [0.15, 0.2) is 17.1 Å². The third kappa shape index (κ3) is 1.68. The number of hydrogen-bond acceptors (Lipinski definition) is 7. The standard InChI is InChI=1S/C12H16FN5O3/c1-11(13)8(20)6(4-19)21-12(11,2)7-3-15-10-9(14)16-5-17-18(7)10/h3,5-6,8,19-20H,4H2,1-2H3,(H2,14,16,17). The first-order chi connectivity index (χ1) is 9.83. The molecule has 0 radical (unpaired) electrons. The van der Waals surface area contributed by atoms with Crippen molar-refractivity contribution in [2.24, 2.45) is 0 Å². The molecule has 4 N–H and O–H groups in total. The summed E-state index contributed by atoms with van der Waals surface area (Å²) in [5.74, 6) is 0.151. The number of nitrogens with two attached hydrogens (primary N) is 1. The minimum Gasteiger partial charge on any atom is -0.394 e. The van der Waals surface area contributed by atoms with Gasteiger partial charge < -0.3 is 20.7 Å². The van der Waals surface area contributed by atoms with E-state index in [-0.39, 0.29) is 17.2 Å². The maximum atomic E-state index is 15.1. The molecule has 8 nitrogen and oxygen atoms in total. The number of nitrogens with zero attached hydrogens (tertiary/aromatic N) is 4. The van der Waals surface area contributed by atoms with Gasteiger partial charge in [0, 0.05) is 0 Å². The Morgan fingerprint density at radius 1 is 1.48 bits per heavy atom. The highest BCUT2D eigenvalue weighted by atomic mass is 19.1. The number of hydrogen-bond donors (Lipinski definition) is 3. The van der Waals surface area contributed by atoms with Crippen LogP contribution in [0.2, 0.25) is 0 Å². The van der Waals surface area contributed by atoms with Crippen LogP contribution in [0.5, 0.6) is 0 Å². The summed E-state index contributed by atoms with van der Waals surface area (Å²) in [6, 6.07) is 0. The zero-order chi connectivity index (χ0) is 15.4. The third-order valence-electron chi connectivity index (χ3n) is 4.23. The second-order valence-electron chi connectivity index (χ2n) is 5.42. The number of imidazole rings is 1. The molecule has 1 aliphatic heterocycles. The third-order valence-corrected chi connectivity index (χ3v) is 4.23. The summed E-state index contributed by atoms with van der Waals surface area (Å²) in [5.41, 5.74) is 2.57. The van der Waals surface area contributed by atoms with E-state index in [4.69, 9.17) is 10.5 Å². The Kier molecular flexibility index (Phi) is 2.91. The Balaban J connectivity index is 2.19. The number of aromatic nitrogens is 4. The highest BCUT2D eigenvalue weighted by Gasteiger charge is 2.63. The number of alkyl halides is 1. The maximum Gasteiger partial charge on any atom is 0.196 e. The quantitative estimate of drug-likeness (QED) is 0.677. The minimum absolute atomic E-state index is 0.151. The molecule has 4 unspecified atom stereocenters. The molecule has 0 saturated carbocycles. The van der Waals surface area contributed by atoms with Gasteiger partial charge in [-0.2, -0.15) is 5.10 Å². The molecule has 0 spiro atoms. The van der Waals surface area contributed by atoms with Crippen LogP contribution in [-0.4, -0.2) is 54.3 Å². The lowest BCUT2D eigenvalue weighted by Gasteiger charge is -2.33. The van der Waals surface area contributed by atoms with Crippen LogP contribution in [0.3, 0.4) is 0 Å². The highest BCUT2D eigenvalue weighted by Crippen LogP contribution is 2.49. The van der Waals surface area contributed by atoms with Crippen LogP contribution < -0.4 is 5.73 Å². The Labute approximate surface area is 119 Å². The zero-order valence-corrected chi connectivity index (χ0v) is 11.6. The molecule has 114 valence electrons. The number of rotatable bonds is 2. The first kappa shape index (κ1) is 14.1. The van der Waals surface area contributed by atoms with Crippen molar-refractivity contribution in [3.8, 4) is 0 Å². The van der Waals surface area contributed by atoms with Gasteiger partial charge in [0.2, 0.25) is 0 Å². The molecule has 1 aliphatic rings. The van der Waals surface area contributed by atoms with E-state index in [1.165, 1.54) is 30.9 Å². The summed E-state index contributed by atoms with van der Waals surface area (Å²) in [5, 5.41) is 23.3. The number of ether oxygens (including phenoxy) is 1. The largest absolute Gasteiger partial charge is 0.394 e. The van der Waals surface area contributed by atoms with E-state index in [9.17, 15) is 10.2 Å². The van der Waals surface area contributed by atoms with Gasteiger partial charge in [-0.25, -0.2) is 18.9 Å². The fourth-order valence-corrected chi connectivity index (χ4v) is 2.72. The molecule has 1 saturated heterocycles. The average Bonchev–Trinajstić information content (AvgIpc) is 2.95. The van der Waals surface area contributed by atoms with Crippen molar-refractivity contribution in [3.05, 3.63) is 18.2 Å². The second-order valence-corrected chi connectivity index (χ2v) is 5.42. The van der Waals surface area contributed by atoms with Crippen molar-refractivity contribution in [1.29, 1.82) is 0 Å². The average molecular weight is 297 g/mol. The molecular formula is C12H16FN5O3. The van der Waals surface area contributed by atoms with Gasteiger partial charge in [-0.3, -0.25) is 0 Å². The summed E-state index contributed by atoms with van der Waals surface area (Å²) in [6.45, 7) is 2.20. The molecule has 0 aliphatic carbocycles. The molecule has 4 atom stereocenters. The minimum atomic E-state index is -2.14. The van der Waals surface area contributed by atoms with Crippen LogP contribution in [0.1, 0.15) is 19.5 Å². The van der Waals surface area contributed by atoms with Gasteiger partial charge in [0.25, 0.3) is 0 Å². The predicted octanol–water partition coefficient (Wildman–Crippen LogP) is -0.598. The number of anilines is 1. The summed E-state index contributed by atoms with van der Waals surface area (Å²) >= 11 is 0. The summed E-state index contributed by atoms with van der Waals surface area (Å²) in [4.78, 5) is 7.88. The van der Waals surface area contributed by atoms with Crippen molar-refractivity contribution in [3.63, 3.8) is 0 Å². The molecule has 2 aromatic rings. The van der Waals surface area contributed by atoms with Crippen LogP contribution >= 0.6 is 0 Å². The van der Waals surface area contributed by atoms with E-state index in [1.54, 1.807) is 0 Å². The Morgan fingerprint density at radius 2 is 2.19 bits per heavy atom. The van der Waals surface area contributed by atoms with Crippen LogP contribution in [0, 0.1) is 0 Å². The lowest BCUT2D eigenvalue weighted by molar-refractivity contribution is -0.0991. The van der Waals surface area contributed by atoms with Gasteiger partial charge in [-0.15, -0.1) is 0 Å². The zero-order valence-electron chi connectivity index (χ0n) is 11.6. The van der Waals surface area contributed by atoms with Crippen LogP contribution in [-0.2, 0) is 10.3 Å². The SMILES string of the molecule is CC1(c2cnc3c(N)ncnn23)OC(CO)C(O)C1(C)F. The second kappa shape index (κ2) is 4.33. The normalized spacial score (nSPS) is 36.4. The van der Waals surface area contributed by atoms with E-state index in [0.717, 1.165) is 0 Å². The van der Waals surface area contributed by atoms with Crippen LogP contribution in [0.15, 0.2) is 12.5 Å². The topological polar surface area (TPSA) is 119 Å². The van der Waals surface area contributed by atoms with E-state index < -0.39 is 30.1 Å². The lowest BCUT2D eigenvalue weighted by Crippen LogP contribution is -2.47. The molecule has 0 aromatic carbocycles. The van der Waals surface area contributed by atoms with E-state index in [0.29, 0.717) is 0 Å². The van der Waals surface area contributed by atoms with Gasteiger partial charge >= 0.3 is 0 Å². The molecule has 0 amide bonds. The first-order valence-corrected chi connectivity index (χ1v) is 6.43. The molecule has 2 aromatic heterocycles. The molecular weight excluding hydrogens is 281 g/mol. The van der Waals surface area contributed by atoms with E-state index in [1.807, 2.05) is 0 Å². The fourth-order valence-electron chi connectivity index (χ4n) is 2.72.